The Kier molecular flexibility index (Phi) is 4.64. The van der Waals surface area contributed by atoms with Crippen LogP contribution < -0.4 is 0 Å². The van der Waals surface area contributed by atoms with Gasteiger partial charge in [0, 0.05) is 0 Å². The molecular weight excluding hydrogens is 228 g/mol. The largest absolute Gasteiger partial charge is 0.326 e. The normalized spacial score (nSPS) is 29.4. The molecule has 4 heteroatoms. The Morgan fingerprint density at radius 1 is 0.750 bits per heavy atom. The molecule has 2 aliphatic heterocycles. The van der Waals surface area contributed by atoms with Crippen LogP contribution >= 0.6 is 0 Å². The van der Waals surface area contributed by atoms with E-state index in [0.717, 1.165) is 5.16 Å². The van der Waals surface area contributed by atoms with Crippen LogP contribution in [0.25, 0.3) is 0 Å². The van der Waals surface area contributed by atoms with Crippen LogP contribution in [0.3, 0.4) is 0 Å². The van der Waals surface area contributed by atoms with Gasteiger partial charge in [0.2, 0.25) is 0 Å². The molecule has 0 spiro atoms. The summed E-state index contributed by atoms with van der Waals surface area (Å²) in [5, 5.41) is 1.08. The Balaban J connectivity index is 1.86. The van der Waals surface area contributed by atoms with Gasteiger partial charge in [0.25, 0.3) is 0 Å². The van der Waals surface area contributed by atoms with Gasteiger partial charge in [0.05, 0.1) is 0 Å². The topological polar surface area (TPSA) is 6.48 Å². The third-order valence-electron chi connectivity index (χ3n) is 4.96. The summed E-state index contributed by atoms with van der Waals surface area (Å²) >= 11 is 0. The van der Waals surface area contributed by atoms with Crippen molar-refractivity contribution in [3.63, 3.8) is 0 Å². The van der Waals surface area contributed by atoms with E-state index in [1.54, 1.807) is 0 Å². The Bertz CT molecular complexity index is 191. The number of hydrogen-bond acceptors (Lipinski definition) is 2. The first-order valence-electron chi connectivity index (χ1n) is 7.18. The quantitative estimate of drug-likeness (QED) is 0.708. The summed E-state index contributed by atoms with van der Waals surface area (Å²) < 4.78 is 5.73. The SMILES string of the molecule is CC([SiH](C)N1CCCC1)[SiH](C)N1CCCC1. The maximum absolute atomic E-state index is 2.87. The minimum atomic E-state index is -0.609. The average Bonchev–Trinajstić information content (AvgIpc) is 2.97. The Hall–Kier alpha value is 0.354. The molecular formula is C12H28N2Si2. The molecule has 2 fully saturated rings. The molecule has 2 saturated heterocycles. The van der Waals surface area contributed by atoms with Crippen molar-refractivity contribution in [3.05, 3.63) is 0 Å². The smallest absolute Gasteiger partial charge is 0.110 e. The molecule has 2 rings (SSSR count). The molecule has 16 heavy (non-hydrogen) atoms. The standard InChI is InChI=1S/C12H28N2Si2/c1-12(15(2)13-8-4-5-9-13)16(3)14-10-6-7-11-14/h12,15-16H,4-11H2,1-3H3. The van der Waals surface area contributed by atoms with Crippen LogP contribution in [-0.4, -0.2) is 53.2 Å². The van der Waals surface area contributed by atoms with Crippen LogP contribution in [0, 0.1) is 0 Å². The molecule has 94 valence electrons. The monoisotopic (exact) mass is 256 g/mol. The van der Waals surface area contributed by atoms with Crippen molar-refractivity contribution in [2.45, 2.75) is 50.9 Å². The van der Waals surface area contributed by atoms with Gasteiger partial charge in [0.1, 0.15) is 17.9 Å². The van der Waals surface area contributed by atoms with Crippen LogP contribution in [-0.2, 0) is 0 Å². The molecule has 0 amide bonds. The summed E-state index contributed by atoms with van der Waals surface area (Å²) in [5.41, 5.74) is 0. The molecule has 2 unspecified atom stereocenters. The zero-order valence-corrected chi connectivity index (χ0v) is 13.6. The van der Waals surface area contributed by atoms with Crippen LogP contribution in [0.5, 0.6) is 0 Å². The minimum Gasteiger partial charge on any atom is -0.326 e. The summed E-state index contributed by atoms with van der Waals surface area (Å²) in [7, 11) is -1.22. The van der Waals surface area contributed by atoms with Gasteiger partial charge in [-0.2, -0.15) is 0 Å². The van der Waals surface area contributed by atoms with E-state index in [2.05, 4.69) is 29.1 Å². The third kappa shape index (κ3) is 2.78. The summed E-state index contributed by atoms with van der Waals surface area (Å²) in [6, 6.07) is 0. The van der Waals surface area contributed by atoms with Gasteiger partial charge >= 0.3 is 0 Å². The van der Waals surface area contributed by atoms with E-state index in [1.165, 1.54) is 51.9 Å². The molecule has 2 nitrogen and oxygen atoms in total. The van der Waals surface area contributed by atoms with E-state index in [0.29, 0.717) is 0 Å². The zero-order valence-electron chi connectivity index (χ0n) is 11.3. The molecule has 2 atom stereocenters. The maximum Gasteiger partial charge on any atom is 0.110 e. The fourth-order valence-electron chi connectivity index (χ4n) is 3.37. The van der Waals surface area contributed by atoms with Crippen LogP contribution in [0.1, 0.15) is 32.6 Å². The van der Waals surface area contributed by atoms with Crippen molar-refractivity contribution in [1.82, 2.24) is 9.13 Å². The fraction of sp³-hybridized carbons (Fsp3) is 1.00. The molecule has 2 aliphatic rings. The fourth-order valence-corrected chi connectivity index (χ4v) is 11.7. The lowest BCUT2D eigenvalue weighted by molar-refractivity contribution is 0.513. The van der Waals surface area contributed by atoms with Crippen molar-refractivity contribution in [1.29, 1.82) is 0 Å². The van der Waals surface area contributed by atoms with E-state index >= 15 is 0 Å². The van der Waals surface area contributed by atoms with Crippen molar-refractivity contribution in [2.24, 2.45) is 0 Å². The molecule has 0 bridgehead atoms. The minimum absolute atomic E-state index is 0.609. The predicted octanol–water partition coefficient (Wildman–Crippen LogP) is 1.81. The summed E-state index contributed by atoms with van der Waals surface area (Å²) in [5.74, 6) is 0. The Labute approximate surface area is 104 Å². The van der Waals surface area contributed by atoms with Gasteiger partial charge in [-0.3, -0.25) is 0 Å². The van der Waals surface area contributed by atoms with Gasteiger partial charge in [-0.1, -0.05) is 20.0 Å². The van der Waals surface area contributed by atoms with Crippen molar-refractivity contribution in [3.8, 4) is 0 Å². The van der Waals surface area contributed by atoms with E-state index in [9.17, 15) is 0 Å². The Morgan fingerprint density at radius 2 is 1.06 bits per heavy atom. The van der Waals surface area contributed by atoms with E-state index in [1.807, 2.05) is 0 Å². The lowest BCUT2D eigenvalue weighted by Crippen LogP contribution is -2.48. The predicted molar refractivity (Wildman–Crippen MR) is 77.1 cm³/mol. The first kappa shape index (κ1) is 12.8. The first-order valence-corrected chi connectivity index (χ1v) is 11.9. The maximum atomic E-state index is 2.87. The van der Waals surface area contributed by atoms with Crippen LogP contribution in [0.2, 0.25) is 18.3 Å². The molecule has 0 aliphatic carbocycles. The second kappa shape index (κ2) is 5.80. The lowest BCUT2D eigenvalue weighted by Gasteiger charge is -2.35. The number of nitrogens with zero attached hydrogens (tertiary/aromatic N) is 2. The van der Waals surface area contributed by atoms with Gasteiger partial charge in [-0.05, 0) is 57.0 Å². The molecule has 0 N–H and O–H groups in total. The second-order valence-electron chi connectivity index (χ2n) is 5.83. The highest BCUT2D eigenvalue weighted by Crippen LogP contribution is 2.24. The van der Waals surface area contributed by atoms with E-state index < -0.39 is 17.9 Å². The number of hydrogen-bond donors (Lipinski definition) is 0. The summed E-state index contributed by atoms with van der Waals surface area (Å²) in [6.07, 6.45) is 5.85. The highest BCUT2D eigenvalue weighted by atomic mass is 28.3. The van der Waals surface area contributed by atoms with Gasteiger partial charge in [0.15, 0.2) is 0 Å². The first-order chi connectivity index (χ1) is 7.70. The van der Waals surface area contributed by atoms with Crippen LogP contribution in [0.4, 0.5) is 0 Å². The summed E-state index contributed by atoms with van der Waals surface area (Å²) in [4.78, 5) is 0. The zero-order chi connectivity index (χ0) is 11.5. The molecule has 0 saturated carbocycles. The average molecular weight is 257 g/mol. The molecule has 0 aromatic rings. The van der Waals surface area contributed by atoms with Crippen LogP contribution in [0.15, 0.2) is 0 Å². The molecule has 2 heterocycles. The number of rotatable bonds is 4. The van der Waals surface area contributed by atoms with Gasteiger partial charge in [-0.25, -0.2) is 0 Å². The molecule has 0 aromatic heterocycles. The lowest BCUT2D eigenvalue weighted by atomic mass is 10.4. The van der Waals surface area contributed by atoms with E-state index in [-0.39, 0.29) is 0 Å². The summed E-state index contributed by atoms with van der Waals surface area (Å²) in [6.45, 7) is 13.4. The van der Waals surface area contributed by atoms with Gasteiger partial charge < -0.3 is 9.13 Å². The molecule has 0 aromatic carbocycles. The third-order valence-corrected chi connectivity index (χ3v) is 14.7. The second-order valence-corrected chi connectivity index (χ2v) is 13.1. The van der Waals surface area contributed by atoms with Crippen molar-refractivity contribution in [2.75, 3.05) is 26.2 Å². The highest BCUT2D eigenvalue weighted by molar-refractivity contribution is 6.76. The highest BCUT2D eigenvalue weighted by Gasteiger charge is 2.32. The van der Waals surface area contributed by atoms with Crippen molar-refractivity contribution < 1.29 is 0 Å². The molecule has 0 radical (unpaired) electrons. The van der Waals surface area contributed by atoms with E-state index in [4.69, 9.17) is 0 Å². The van der Waals surface area contributed by atoms with Crippen molar-refractivity contribution >= 4 is 17.9 Å². The Morgan fingerprint density at radius 3 is 1.38 bits per heavy atom. The van der Waals surface area contributed by atoms with Gasteiger partial charge in [-0.15, -0.1) is 0 Å².